The van der Waals surface area contributed by atoms with Gasteiger partial charge in [0, 0.05) is 5.56 Å². The van der Waals surface area contributed by atoms with E-state index in [0.717, 1.165) is 18.3 Å². The first kappa shape index (κ1) is 15.3. The van der Waals surface area contributed by atoms with Crippen LogP contribution in [0.15, 0.2) is 41.0 Å². The molecule has 8 heteroatoms. The Bertz CT molecular complexity index is 672. The van der Waals surface area contributed by atoms with E-state index in [0.29, 0.717) is 4.47 Å². The number of nitrogens with one attached hydrogen (secondary N) is 1. The van der Waals surface area contributed by atoms with Gasteiger partial charge in [0.15, 0.2) is 0 Å². The molecule has 110 valence electrons. The van der Waals surface area contributed by atoms with Crippen LogP contribution in [-0.4, -0.2) is 16.0 Å². The summed E-state index contributed by atoms with van der Waals surface area (Å²) in [5.41, 5.74) is -0.757. The van der Waals surface area contributed by atoms with Crippen LogP contribution in [0.5, 0.6) is 5.75 Å². The topological polar surface area (TPSA) is 62.2 Å². The van der Waals surface area contributed by atoms with Gasteiger partial charge >= 0.3 is 6.18 Å². The van der Waals surface area contributed by atoms with Crippen molar-refractivity contribution in [2.75, 3.05) is 5.32 Å². The van der Waals surface area contributed by atoms with E-state index in [1.807, 2.05) is 0 Å². The van der Waals surface area contributed by atoms with E-state index in [2.05, 4.69) is 26.2 Å². The summed E-state index contributed by atoms with van der Waals surface area (Å²) in [6, 6.07) is 6.05. The van der Waals surface area contributed by atoms with Crippen LogP contribution in [0.2, 0.25) is 0 Å². The third-order valence-electron chi connectivity index (χ3n) is 2.52. The van der Waals surface area contributed by atoms with Gasteiger partial charge < -0.3 is 10.4 Å². The van der Waals surface area contributed by atoms with Crippen molar-refractivity contribution >= 4 is 27.5 Å². The number of phenolic OH excluding ortho intramolecular Hbond substituents is 1. The second-order valence-electron chi connectivity index (χ2n) is 4.05. The molecule has 0 unspecified atom stereocenters. The summed E-state index contributed by atoms with van der Waals surface area (Å²) in [5.74, 6) is -0.687. The number of nitrogens with zero attached hydrogens (tertiary/aromatic N) is 1. The molecule has 0 fully saturated rings. The highest BCUT2D eigenvalue weighted by Crippen LogP contribution is 2.28. The van der Waals surface area contributed by atoms with Gasteiger partial charge in [0.05, 0.1) is 16.4 Å². The average Bonchev–Trinajstić information content (AvgIpc) is 2.41. The smallest absolute Gasteiger partial charge is 0.433 e. The Balaban J connectivity index is 2.14. The van der Waals surface area contributed by atoms with E-state index >= 15 is 0 Å². The molecule has 0 spiro atoms. The number of pyridine rings is 1. The predicted octanol–water partition coefficient (Wildman–Crippen LogP) is 3.82. The lowest BCUT2D eigenvalue weighted by Crippen LogP contribution is -2.13. The number of aromatic nitrogens is 1. The molecule has 0 atom stereocenters. The molecule has 0 saturated carbocycles. The van der Waals surface area contributed by atoms with Crippen molar-refractivity contribution in [1.82, 2.24) is 4.98 Å². The van der Waals surface area contributed by atoms with E-state index in [9.17, 15) is 23.1 Å². The Labute approximate surface area is 125 Å². The Morgan fingerprint density at radius 2 is 1.95 bits per heavy atom. The average molecular weight is 361 g/mol. The van der Waals surface area contributed by atoms with Crippen LogP contribution >= 0.6 is 15.9 Å². The Kier molecular flexibility index (Phi) is 4.17. The zero-order valence-corrected chi connectivity index (χ0v) is 11.9. The lowest BCUT2D eigenvalue weighted by atomic mass is 10.2. The van der Waals surface area contributed by atoms with Gasteiger partial charge in [-0.1, -0.05) is 0 Å². The summed E-state index contributed by atoms with van der Waals surface area (Å²) in [7, 11) is 0. The zero-order valence-electron chi connectivity index (χ0n) is 10.3. The van der Waals surface area contributed by atoms with Crippen LogP contribution in [0.4, 0.5) is 18.9 Å². The fourth-order valence-corrected chi connectivity index (χ4v) is 1.74. The first-order valence-corrected chi connectivity index (χ1v) is 6.40. The molecule has 2 N–H and O–H groups in total. The molecular formula is C13H8BrF3N2O2. The maximum Gasteiger partial charge on any atom is 0.433 e. The van der Waals surface area contributed by atoms with E-state index < -0.39 is 17.8 Å². The number of amides is 1. The third kappa shape index (κ3) is 3.72. The maximum absolute atomic E-state index is 12.3. The summed E-state index contributed by atoms with van der Waals surface area (Å²) < 4.78 is 37.5. The number of phenols is 1. The Morgan fingerprint density at radius 3 is 2.48 bits per heavy atom. The van der Waals surface area contributed by atoms with E-state index in [1.54, 1.807) is 0 Å². The Morgan fingerprint density at radius 1 is 1.24 bits per heavy atom. The molecule has 1 heterocycles. The SMILES string of the molecule is O=C(Nc1ccc(C(F)(F)F)nc1)c1ccc(Br)c(O)c1. The molecule has 0 bridgehead atoms. The zero-order chi connectivity index (χ0) is 15.6. The molecule has 0 aliphatic carbocycles. The second-order valence-corrected chi connectivity index (χ2v) is 4.90. The van der Waals surface area contributed by atoms with E-state index in [4.69, 9.17) is 0 Å². The van der Waals surface area contributed by atoms with Gasteiger partial charge in [-0.3, -0.25) is 4.79 Å². The second kappa shape index (κ2) is 5.72. The molecule has 1 amide bonds. The molecule has 21 heavy (non-hydrogen) atoms. The molecule has 1 aromatic carbocycles. The number of aromatic hydroxyl groups is 1. The van der Waals surface area contributed by atoms with E-state index in [1.165, 1.54) is 18.2 Å². The summed E-state index contributed by atoms with van der Waals surface area (Å²) in [6.07, 6.45) is -3.61. The third-order valence-corrected chi connectivity index (χ3v) is 3.19. The minimum absolute atomic E-state index is 0.117. The minimum Gasteiger partial charge on any atom is -0.507 e. The van der Waals surface area contributed by atoms with Crippen molar-refractivity contribution in [3.8, 4) is 5.75 Å². The molecule has 0 aliphatic heterocycles. The highest BCUT2D eigenvalue weighted by Gasteiger charge is 2.32. The summed E-state index contributed by atoms with van der Waals surface area (Å²) >= 11 is 3.07. The molecule has 0 aliphatic rings. The van der Waals surface area contributed by atoms with Crippen molar-refractivity contribution in [1.29, 1.82) is 0 Å². The van der Waals surface area contributed by atoms with Crippen molar-refractivity contribution in [3.05, 3.63) is 52.3 Å². The van der Waals surface area contributed by atoms with Crippen LogP contribution in [0.3, 0.4) is 0 Å². The molecule has 2 aromatic rings. The lowest BCUT2D eigenvalue weighted by molar-refractivity contribution is -0.141. The molecule has 4 nitrogen and oxygen atoms in total. The summed E-state index contributed by atoms with van der Waals surface area (Å²) in [4.78, 5) is 15.1. The van der Waals surface area contributed by atoms with Gasteiger partial charge in [-0.05, 0) is 46.3 Å². The van der Waals surface area contributed by atoms with E-state index in [-0.39, 0.29) is 17.0 Å². The van der Waals surface area contributed by atoms with Crippen molar-refractivity contribution < 1.29 is 23.1 Å². The molecule has 0 saturated heterocycles. The van der Waals surface area contributed by atoms with Gasteiger partial charge in [-0.15, -0.1) is 0 Å². The quantitative estimate of drug-likeness (QED) is 0.855. The molecular weight excluding hydrogens is 353 g/mol. The first-order valence-electron chi connectivity index (χ1n) is 5.60. The monoisotopic (exact) mass is 360 g/mol. The standard InChI is InChI=1S/C13H8BrF3N2O2/c14-9-3-1-7(5-10(9)20)12(21)19-8-2-4-11(18-6-8)13(15,16)17/h1-6,20H,(H,19,21). The molecule has 0 radical (unpaired) electrons. The van der Waals surface area contributed by atoms with Crippen LogP contribution in [0.1, 0.15) is 16.1 Å². The van der Waals surface area contributed by atoms with Gasteiger partial charge in [0.1, 0.15) is 11.4 Å². The number of hydrogen-bond acceptors (Lipinski definition) is 3. The van der Waals surface area contributed by atoms with Gasteiger partial charge in [-0.25, -0.2) is 4.98 Å². The number of rotatable bonds is 2. The number of alkyl halides is 3. The minimum atomic E-state index is -4.53. The number of carbonyl (C=O) groups excluding carboxylic acids is 1. The fourth-order valence-electron chi connectivity index (χ4n) is 1.49. The number of benzene rings is 1. The van der Waals surface area contributed by atoms with Crippen molar-refractivity contribution in [2.24, 2.45) is 0 Å². The fraction of sp³-hybridized carbons (Fsp3) is 0.0769. The van der Waals surface area contributed by atoms with Gasteiger partial charge in [0.2, 0.25) is 0 Å². The molecule has 1 aromatic heterocycles. The maximum atomic E-state index is 12.3. The van der Waals surface area contributed by atoms with Gasteiger partial charge in [-0.2, -0.15) is 13.2 Å². The normalized spacial score (nSPS) is 11.2. The largest absolute Gasteiger partial charge is 0.507 e. The molecule has 2 rings (SSSR count). The summed E-state index contributed by atoms with van der Waals surface area (Å²) in [6.45, 7) is 0. The Hall–Kier alpha value is -2.09. The van der Waals surface area contributed by atoms with Crippen molar-refractivity contribution in [2.45, 2.75) is 6.18 Å². The van der Waals surface area contributed by atoms with Crippen molar-refractivity contribution in [3.63, 3.8) is 0 Å². The van der Waals surface area contributed by atoms with Crippen LogP contribution in [0.25, 0.3) is 0 Å². The lowest BCUT2D eigenvalue weighted by Gasteiger charge is -2.08. The number of carbonyl (C=O) groups is 1. The van der Waals surface area contributed by atoms with Gasteiger partial charge in [0.25, 0.3) is 5.91 Å². The summed E-state index contributed by atoms with van der Waals surface area (Å²) in [5, 5.41) is 11.9. The van der Waals surface area contributed by atoms with Crippen LogP contribution in [0, 0.1) is 0 Å². The number of hydrogen-bond donors (Lipinski definition) is 2. The number of halogens is 4. The van der Waals surface area contributed by atoms with Crippen LogP contribution < -0.4 is 5.32 Å². The first-order chi connectivity index (χ1) is 9.77. The predicted molar refractivity (Wildman–Crippen MR) is 73.0 cm³/mol. The highest BCUT2D eigenvalue weighted by molar-refractivity contribution is 9.10. The van der Waals surface area contributed by atoms with Crippen LogP contribution in [-0.2, 0) is 6.18 Å². The highest BCUT2D eigenvalue weighted by atomic mass is 79.9. The number of anilines is 1.